The first-order chi connectivity index (χ1) is 12.4. The molecule has 0 bridgehead atoms. The zero-order chi connectivity index (χ0) is 20.8. The van der Waals surface area contributed by atoms with E-state index in [1.165, 1.54) is 31.4 Å². The number of carbonyl (C=O) groups excluding carboxylic acids is 1. The van der Waals surface area contributed by atoms with Crippen molar-refractivity contribution >= 4 is 15.9 Å². The van der Waals surface area contributed by atoms with Gasteiger partial charge in [-0.3, -0.25) is 9.63 Å². The number of carbonyl (C=O) groups is 1. The number of ether oxygens (including phenoxy) is 1. The summed E-state index contributed by atoms with van der Waals surface area (Å²) in [5, 5.41) is 1.03. The molecule has 8 heteroatoms. The van der Waals surface area contributed by atoms with Crippen LogP contribution in [0.5, 0.6) is 5.75 Å². The molecule has 0 saturated heterocycles. The molecule has 1 amide bonds. The van der Waals surface area contributed by atoms with Crippen LogP contribution < -0.4 is 9.46 Å². The minimum Gasteiger partial charge on any atom is -0.497 e. The highest BCUT2D eigenvalue weighted by atomic mass is 32.2. The second-order valence-corrected chi connectivity index (χ2v) is 9.02. The molecule has 0 heterocycles. The lowest BCUT2D eigenvalue weighted by molar-refractivity contribution is -0.224. The second-order valence-electron chi connectivity index (χ2n) is 7.30. The number of terminal acetylenes is 1. The first-order valence-corrected chi connectivity index (χ1v) is 10.00. The number of nitrogens with zero attached hydrogens (tertiary/aromatic N) is 1. The van der Waals surface area contributed by atoms with Gasteiger partial charge in [0, 0.05) is 0 Å². The summed E-state index contributed by atoms with van der Waals surface area (Å²) in [5.41, 5.74) is -0.664. The highest BCUT2D eigenvalue weighted by Gasteiger charge is 2.33. The average molecular weight is 397 g/mol. The third kappa shape index (κ3) is 6.86. The molecule has 0 aromatic heterocycles. The minimum absolute atomic E-state index is 0.0296. The number of methoxy groups -OCH3 is 1. The predicted octanol–water partition coefficient (Wildman–Crippen LogP) is 2.19. The van der Waals surface area contributed by atoms with Gasteiger partial charge in [0.25, 0.3) is 5.91 Å². The van der Waals surface area contributed by atoms with Gasteiger partial charge in [0.05, 0.1) is 17.6 Å². The number of sulfonamides is 1. The first kappa shape index (κ1) is 23.0. The Bertz CT molecular complexity index is 774. The summed E-state index contributed by atoms with van der Waals surface area (Å²) in [7, 11) is -2.44. The van der Waals surface area contributed by atoms with Crippen molar-refractivity contribution in [3.8, 4) is 18.1 Å². The third-order valence-electron chi connectivity index (χ3n) is 3.45. The fourth-order valence-electron chi connectivity index (χ4n) is 2.19. The number of nitrogens with one attached hydrogen (secondary N) is 1. The summed E-state index contributed by atoms with van der Waals surface area (Å²) in [6, 6.07) is 4.86. The van der Waals surface area contributed by atoms with Crippen molar-refractivity contribution in [1.29, 1.82) is 0 Å². The quantitative estimate of drug-likeness (QED) is 0.538. The smallest absolute Gasteiger partial charge is 0.265 e. The van der Waals surface area contributed by atoms with Crippen LogP contribution in [0.3, 0.4) is 0 Å². The van der Waals surface area contributed by atoms with Crippen LogP contribution >= 0.6 is 0 Å². The van der Waals surface area contributed by atoms with Crippen molar-refractivity contribution in [2.75, 3.05) is 13.7 Å². The average Bonchev–Trinajstić information content (AvgIpc) is 2.57. The van der Waals surface area contributed by atoms with E-state index in [4.69, 9.17) is 16.0 Å². The molecule has 1 rings (SSSR count). The Balaban J connectivity index is 3.12. The number of hydrogen-bond donors (Lipinski definition) is 1. The van der Waals surface area contributed by atoms with E-state index in [1.807, 2.05) is 0 Å². The largest absolute Gasteiger partial charge is 0.497 e. The summed E-state index contributed by atoms with van der Waals surface area (Å²) in [4.78, 5) is 18.6. The lowest BCUT2D eigenvalue weighted by atomic mass is 10.0. The summed E-state index contributed by atoms with van der Waals surface area (Å²) in [6.45, 7) is 8.71. The molecule has 0 fully saturated rings. The van der Waals surface area contributed by atoms with Crippen LogP contribution in [0.1, 0.15) is 34.6 Å². The number of hydrogen-bond acceptors (Lipinski definition) is 5. The molecule has 1 atom stereocenters. The van der Waals surface area contributed by atoms with Crippen molar-refractivity contribution in [3.63, 3.8) is 0 Å². The zero-order valence-corrected chi connectivity index (χ0v) is 17.5. The van der Waals surface area contributed by atoms with Crippen molar-refractivity contribution in [2.45, 2.75) is 51.2 Å². The molecule has 0 aliphatic rings. The van der Waals surface area contributed by atoms with Gasteiger partial charge in [-0.1, -0.05) is 19.8 Å². The standard InChI is InChI=1S/C19H28N2O5S/c1-8-13-21(26-19(4,5)6)18(22)17(14(2)3)20-27(23,24)16-11-9-15(25-7)10-12-16/h1,9-12,14,17,20H,13H2,2-7H3/t17-/m1/s1. The number of amides is 1. The van der Waals surface area contributed by atoms with Gasteiger partial charge in [0.15, 0.2) is 0 Å². The van der Waals surface area contributed by atoms with E-state index >= 15 is 0 Å². The highest BCUT2D eigenvalue weighted by molar-refractivity contribution is 7.89. The van der Waals surface area contributed by atoms with Gasteiger partial charge in [-0.2, -0.15) is 4.72 Å². The Labute approximate surface area is 162 Å². The lowest BCUT2D eigenvalue weighted by Gasteiger charge is -2.32. The molecular weight excluding hydrogens is 368 g/mol. The van der Waals surface area contributed by atoms with Crippen molar-refractivity contribution < 1.29 is 22.8 Å². The van der Waals surface area contributed by atoms with Gasteiger partial charge in [-0.25, -0.2) is 13.5 Å². The van der Waals surface area contributed by atoms with Gasteiger partial charge < -0.3 is 4.74 Å². The van der Waals surface area contributed by atoms with Gasteiger partial charge in [-0.05, 0) is 51.0 Å². The molecule has 0 unspecified atom stereocenters. The molecule has 0 aliphatic carbocycles. The SMILES string of the molecule is C#CCN(OC(C)(C)C)C(=O)[C@H](NS(=O)(=O)c1ccc(OC)cc1)C(C)C. The van der Waals surface area contributed by atoms with Crippen LogP contribution in [-0.4, -0.2) is 44.7 Å². The normalized spacial score (nSPS) is 13.1. The van der Waals surface area contributed by atoms with E-state index in [9.17, 15) is 13.2 Å². The maximum Gasteiger partial charge on any atom is 0.265 e. The topological polar surface area (TPSA) is 84.9 Å². The van der Waals surface area contributed by atoms with Crippen LogP contribution in [0.4, 0.5) is 0 Å². The molecule has 0 saturated carbocycles. The zero-order valence-electron chi connectivity index (χ0n) is 16.6. The van der Waals surface area contributed by atoms with Crippen LogP contribution in [-0.2, 0) is 19.7 Å². The van der Waals surface area contributed by atoms with E-state index in [0.29, 0.717) is 5.75 Å². The number of hydroxylamine groups is 2. The van der Waals surface area contributed by atoms with Gasteiger partial charge >= 0.3 is 0 Å². The van der Waals surface area contributed by atoms with Crippen LogP contribution in [0.15, 0.2) is 29.2 Å². The van der Waals surface area contributed by atoms with Crippen LogP contribution in [0.2, 0.25) is 0 Å². The maximum atomic E-state index is 12.9. The maximum absolute atomic E-state index is 12.9. The fourth-order valence-corrected chi connectivity index (χ4v) is 3.52. The molecular formula is C19H28N2O5S. The van der Waals surface area contributed by atoms with Crippen molar-refractivity contribution in [1.82, 2.24) is 9.79 Å². The second kappa shape index (κ2) is 9.22. The molecule has 1 N–H and O–H groups in total. The van der Waals surface area contributed by atoms with Crippen molar-refractivity contribution in [2.24, 2.45) is 5.92 Å². The third-order valence-corrected chi connectivity index (χ3v) is 4.91. The summed E-state index contributed by atoms with van der Waals surface area (Å²) in [6.07, 6.45) is 5.33. The summed E-state index contributed by atoms with van der Waals surface area (Å²) in [5.74, 6) is 2.02. The van der Waals surface area contributed by atoms with E-state index in [-0.39, 0.29) is 17.4 Å². The molecule has 0 radical (unpaired) electrons. The van der Waals surface area contributed by atoms with Crippen LogP contribution in [0, 0.1) is 18.3 Å². The summed E-state index contributed by atoms with van der Waals surface area (Å²) >= 11 is 0. The molecule has 7 nitrogen and oxygen atoms in total. The van der Waals surface area contributed by atoms with Gasteiger partial charge in [0.1, 0.15) is 18.3 Å². The molecule has 1 aromatic rings. The van der Waals surface area contributed by atoms with E-state index in [0.717, 1.165) is 5.06 Å². The monoisotopic (exact) mass is 396 g/mol. The van der Waals surface area contributed by atoms with E-state index in [1.54, 1.807) is 34.6 Å². The number of benzene rings is 1. The van der Waals surface area contributed by atoms with Gasteiger partial charge in [-0.15, -0.1) is 6.42 Å². The van der Waals surface area contributed by atoms with Crippen molar-refractivity contribution in [3.05, 3.63) is 24.3 Å². The molecule has 27 heavy (non-hydrogen) atoms. The van der Waals surface area contributed by atoms with Gasteiger partial charge in [0.2, 0.25) is 10.0 Å². The van der Waals surface area contributed by atoms with E-state index in [2.05, 4.69) is 10.6 Å². The molecule has 1 aromatic carbocycles. The molecule has 0 spiro atoms. The Kier molecular flexibility index (Phi) is 7.84. The highest BCUT2D eigenvalue weighted by Crippen LogP contribution is 2.19. The van der Waals surface area contributed by atoms with Crippen LogP contribution in [0.25, 0.3) is 0 Å². The minimum atomic E-state index is -3.93. The Morgan fingerprint density at radius 3 is 2.22 bits per heavy atom. The predicted molar refractivity (Wildman–Crippen MR) is 103 cm³/mol. The molecule has 0 aliphatic heterocycles. The summed E-state index contributed by atoms with van der Waals surface area (Å²) < 4.78 is 32.9. The first-order valence-electron chi connectivity index (χ1n) is 8.51. The Hall–Kier alpha value is -2.08. The Morgan fingerprint density at radius 1 is 1.26 bits per heavy atom. The lowest BCUT2D eigenvalue weighted by Crippen LogP contribution is -2.52. The molecule has 150 valence electrons. The van der Waals surface area contributed by atoms with E-state index < -0.39 is 27.6 Å². The number of rotatable bonds is 8. The Morgan fingerprint density at radius 2 is 1.81 bits per heavy atom. The fraction of sp³-hybridized carbons (Fsp3) is 0.526.